The minimum absolute atomic E-state index is 0.0538. The van der Waals surface area contributed by atoms with E-state index in [4.69, 9.17) is 5.73 Å². The van der Waals surface area contributed by atoms with Crippen molar-refractivity contribution in [1.29, 1.82) is 0 Å². The number of likely N-dealkylation sites (N-methyl/N-ethyl adjacent to an activating group) is 1. The van der Waals surface area contributed by atoms with Crippen LogP contribution in [0.2, 0.25) is 0 Å². The molecule has 0 heterocycles. The number of nitrogens with two attached hydrogens (primary N) is 1. The van der Waals surface area contributed by atoms with E-state index in [9.17, 15) is 38.7 Å². The molecule has 13 N–H and O–H groups in total. The minimum Gasteiger partial charge on any atom is -0.391 e. The topological polar surface area (TPSA) is 286 Å². The van der Waals surface area contributed by atoms with E-state index in [1.165, 1.54) is 14.0 Å². The van der Waals surface area contributed by atoms with Crippen LogP contribution in [0.25, 0.3) is 0 Å². The quantitative estimate of drug-likeness (QED) is 0.0364. The van der Waals surface area contributed by atoms with Crippen LogP contribution in [0.15, 0.2) is 30.3 Å². The average molecular weight is 886 g/mol. The van der Waals surface area contributed by atoms with Gasteiger partial charge >= 0.3 is 0 Å². The molecule has 1 aromatic rings. The standard InChI is InChI=1S/C37H66N11O8P3/c1-20(2)23-19-24(23)32(51)44-26(11-15-41-57)34(53)46-28(13-17-43-59)36(55)48-30(21(3)49)37(56)40-14-10-25(39-4)33(52)45-27(12-16-42-58)35(54)47-29(31(38)50)18-22-8-6-5-7-9-22/h5-9,20-21,23-30,39,41-43,49H,10-19,57-59H2,1-4H3,(H2,38,50)(H,40,56)(H,44,51)(H,45,52)(H,46,53)(H,47,54)(H,48,55). The maximum Gasteiger partial charge on any atom is 0.245 e. The van der Waals surface area contributed by atoms with Gasteiger partial charge < -0.3 is 63.3 Å². The molecule has 7 amide bonds. The van der Waals surface area contributed by atoms with Crippen LogP contribution in [-0.2, 0) is 40.0 Å². The van der Waals surface area contributed by atoms with Gasteiger partial charge in [-0.3, -0.25) is 33.6 Å². The van der Waals surface area contributed by atoms with Crippen LogP contribution in [0.3, 0.4) is 0 Å². The zero-order valence-electron chi connectivity index (χ0n) is 34.3. The molecular formula is C37H66N11O8P3. The molecule has 22 heteroatoms. The lowest BCUT2D eigenvalue weighted by atomic mass is 10.0. The Hall–Kier alpha value is -3.40. The largest absolute Gasteiger partial charge is 0.391 e. The maximum atomic E-state index is 13.6. The molecule has 59 heavy (non-hydrogen) atoms. The van der Waals surface area contributed by atoms with Gasteiger partial charge in [0.15, 0.2) is 0 Å². The number of hydrogen-bond acceptors (Lipinski definition) is 12. The first kappa shape index (κ1) is 51.7. The third-order valence-electron chi connectivity index (χ3n) is 10.1. The van der Waals surface area contributed by atoms with Crippen LogP contribution >= 0.6 is 28.2 Å². The molecule has 1 fully saturated rings. The van der Waals surface area contributed by atoms with Crippen molar-refractivity contribution in [1.82, 2.24) is 52.5 Å². The van der Waals surface area contributed by atoms with Crippen molar-refractivity contribution in [3.8, 4) is 0 Å². The molecular weight excluding hydrogens is 819 g/mol. The van der Waals surface area contributed by atoms with E-state index in [-0.39, 0.29) is 56.4 Å². The van der Waals surface area contributed by atoms with E-state index in [1.807, 2.05) is 19.9 Å². The molecule has 0 aromatic heterocycles. The van der Waals surface area contributed by atoms with Crippen LogP contribution < -0.4 is 58.2 Å². The predicted molar refractivity (Wildman–Crippen MR) is 235 cm³/mol. The van der Waals surface area contributed by atoms with Crippen molar-refractivity contribution in [2.75, 3.05) is 33.2 Å². The summed E-state index contributed by atoms with van der Waals surface area (Å²) < 4.78 is 0. The highest BCUT2D eigenvalue weighted by atomic mass is 31.0. The van der Waals surface area contributed by atoms with Crippen molar-refractivity contribution in [2.45, 2.75) is 102 Å². The fraction of sp³-hybridized carbons (Fsp3) is 0.649. The number of carbonyl (C=O) groups is 7. The number of aliphatic hydroxyl groups excluding tert-OH is 1. The Morgan fingerprint density at radius 1 is 0.661 bits per heavy atom. The van der Waals surface area contributed by atoms with Gasteiger partial charge in [0, 0.05) is 38.5 Å². The molecule has 12 atom stereocenters. The number of hydrogen-bond donors (Lipinski definition) is 12. The molecule has 1 saturated carbocycles. The van der Waals surface area contributed by atoms with E-state index >= 15 is 0 Å². The van der Waals surface area contributed by atoms with Gasteiger partial charge in [-0.2, -0.15) is 0 Å². The van der Waals surface area contributed by atoms with Crippen LogP contribution in [0, 0.1) is 17.8 Å². The molecule has 0 aliphatic heterocycles. The zero-order valence-corrected chi connectivity index (χ0v) is 37.8. The van der Waals surface area contributed by atoms with Gasteiger partial charge in [0.25, 0.3) is 0 Å². The Morgan fingerprint density at radius 3 is 1.56 bits per heavy atom. The summed E-state index contributed by atoms with van der Waals surface area (Å²) in [5.41, 5.74) is 6.38. The molecule has 0 spiro atoms. The minimum atomic E-state index is -1.42. The number of rotatable bonds is 29. The summed E-state index contributed by atoms with van der Waals surface area (Å²) in [5, 5.41) is 38.1. The number of amides is 7. The predicted octanol–water partition coefficient (Wildman–Crippen LogP) is -2.78. The smallest absolute Gasteiger partial charge is 0.245 e. The first-order valence-electron chi connectivity index (χ1n) is 19.9. The molecule has 1 aliphatic carbocycles. The summed E-state index contributed by atoms with van der Waals surface area (Å²) in [6.45, 7) is 6.38. The summed E-state index contributed by atoms with van der Waals surface area (Å²) in [4.78, 5) is 92.2. The van der Waals surface area contributed by atoms with Crippen molar-refractivity contribution in [3.63, 3.8) is 0 Å². The molecule has 1 aromatic carbocycles. The van der Waals surface area contributed by atoms with E-state index in [0.717, 1.165) is 12.0 Å². The Morgan fingerprint density at radius 2 is 1.12 bits per heavy atom. The molecule has 0 saturated heterocycles. The number of primary amides is 1. The van der Waals surface area contributed by atoms with Crippen molar-refractivity contribution < 1.29 is 38.7 Å². The lowest BCUT2D eigenvalue weighted by Crippen LogP contribution is -2.59. The monoisotopic (exact) mass is 885 g/mol. The molecule has 19 nitrogen and oxygen atoms in total. The van der Waals surface area contributed by atoms with Gasteiger partial charge in [0.05, 0.1) is 12.1 Å². The molecule has 2 rings (SSSR count). The summed E-state index contributed by atoms with van der Waals surface area (Å²) in [6, 6.07) is 2.63. The van der Waals surface area contributed by atoms with Gasteiger partial charge in [-0.05, 0) is 63.5 Å². The second kappa shape index (κ2) is 27.4. The molecule has 0 bridgehead atoms. The summed E-state index contributed by atoms with van der Waals surface area (Å²) in [5.74, 6) is -3.71. The molecule has 1 aliphatic rings. The van der Waals surface area contributed by atoms with E-state index in [1.54, 1.807) is 24.3 Å². The molecule has 0 radical (unpaired) electrons. The summed E-state index contributed by atoms with van der Waals surface area (Å²) in [7, 11) is 8.51. The third kappa shape index (κ3) is 18.4. The highest BCUT2D eigenvalue weighted by molar-refractivity contribution is 7.14. The fourth-order valence-electron chi connectivity index (χ4n) is 6.43. The van der Waals surface area contributed by atoms with Crippen LogP contribution in [0.4, 0.5) is 0 Å². The molecule has 332 valence electrons. The van der Waals surface area contributed by atoms with E-state index < -0.39 is 77.8 Å². The third-order valence-corrected chi connectivity index (χ3v) is 10.9. The summed E-state index contributed by atoms with van der Waals surface area (Å²) >= 11 is 0. The Balaban J connectivity index is 2.05. The Bertz CT molecular complexity index is 1530. The average Bonchev–Trinajstić information content (AvgIpc) is 4.02. The lowest BCUT2D eigenvalue weighted by molar-refractivity contribution is -0.135. The fourth-order valence-corrected chi connectivity index (χ4v) is 6.93. The van der Waals surface area contributed by atoms with E-state index in [2.05, 4.69) is 80.7 Å². The van der Waals surface area contributed by atoms with Crippen molar-refractivity contribution >= 4 is 69.5 Å². The number of aliphatic hydroxyl groups is 1. The second-order valence-electron chi connectivity index (χ2n) is 15.0. The van der Waals surface area contributed by atoms with Gasteiger partial charge in [-0.15, -0.1) is 0 Å². The van der Waals surface area contributed by atoms with Gasteiger partial charge in [-0.25, -0.2) is 0 Å². The van der Waals surface area contributed by atoms with Crippen LogP contribution in [0.1, 0.15) is 58.4 Å². The first-order chi connectivity index (χ1) is 28.1. The highest BCUT2D eigenvalue weighted by Gasteiger charge is 2.45. The Kier molecular flexibility index (Phi) is 24.1. The van der Waals surface area contributed by atoms with Gasteiger partial charge in [0.1, 0.15) is 30.2 Å². The normalized spacial score (nSPS) is 18.2. The number of nitrogens with one attached hydrogen (secondary N) is 10. The number of benzene rings is 1. The molecule has 12 unspecified atom stereocenters. The van der Waals surface area contributed by atoms with E-state index in [0.29, 0.717) is 25.6 Å². The summed E-state index contributed by atoms with van der Waals surface area (Å²) in [6.07, 6.45) is 0.184. The SMILES string of the molecule is CNC(CCNC(=O)C(NC(=O)C(CCNP)NC(=O)C(CCNP)NC(=O)C1CC1C(C)C)C(C)O)C(=O)NC(CCNP)C(=O)NC(Cc1ccccc1)C(N)=O. The van der Waals surface area contributed by atoms with Crippen molar-refractivity contribution in [2.24, 2.45) is 23.5 Å². The maximum absolute atomic E-state index is 13.6. The van der Waals surface area contributed by atoms with Crippen LogP contribution in [-0.4, -0.2) is 122 Å². The van der Waals surface area contributed by atoms with Crippen LogP contribution in [0.5, 0.6) is 0 Å². The second-order valence-corrected chi connectivity index (χ2v) is 16.2. The zero-order chi connectivity index (χ0) is 44.1. The highest BCUT2D eigenvalue weighted by Crippen LogP contribution is 2.44. The number of carbonyl (C=O) groups excluding carboxylic acids is 7. The van der Waals surface area contributed by atoms with Gasteiger partial charge in [-0.1, -0.05) is 72.4 Å². The Labute approximate surface area is 354 Å². The first-order valence-corrected chi connectivity index (χ1v) is 21.6. The van der Waals surface area contributed by atoms with Crippen molar-refractivity contribution in [3.05, 3.63) is 35.9 Å². The van der Waals surface area contributed by atoms with Gasteiger partial charge in [0.2, 0.25) is 41.4 Å². The lowest BCUT2D eigenvalue weighted by Gasteiger charge is -2.27.